The minimum atomic E-state index is -1.10. The van der Waals surface area contributed by atoms with E-state index in [-0.39, 0.29) is 22.4 Å². The van der Waals surface area contributed by atoms with E-state index in [2.05, 4.69) is 10.6 Å². The zero-order valence-electron chi connectivity index (χ0n) is 11.1. The number of carboxylic acid groups (broad SMARTS) is 1. The summed E-state index contributed by atoms with van der Waals surface area (Å²) in [7, 11) is 0. The molecule has 0 unspecified atom stereocenters. The van der Waals surface area contributed by atoms with Crippen LogP contribution >= 0.6 is 11.3 Å². The lowest BCUT2D eigenvalue weighted by Gasteiger charge is -2.14. The van der Waals surface area contributed by atoms with Crippen LogP contribution in [0.3, 0.4) is 0 Å². The average Bonchev–Trinajstić information content (AvgIpc) is 2.87. The number of thiophene rings is 1. The lowest BCUT2D eigenvalue weighted by Crippen LogP contribution is -2.31. The van der Waals surface area contributed by atoms with Crippen LogP contribution in [0.15, 0.2) is 35.7 Å². The minimum Gasteiger partial charge on any atom is -0.478 e. The third kappa shape index (κ3) is 3.79. The van der Waals surface area contributed by atoms with Crippen molar-refractivity contribution in [3.8, 4) is 0 Å². The van der Waals surface area contributed by atoms with Gasteiger partial charge >= 0.3 is 12.0 Å². The molecule has 3 N–H and O–H groups in total. The van der Waals surface area contributed by atoms with Gasteiger partial charge in [0.1, 0.15) is 10.8 Å². The van der Waals surface area contributed by atoms with Gasteiger partial charge in [0.05, 0.1) is 11.6 Å². The van der Waals surface area contributed by atoms with Gasteiger partial charge in [-0.2, -0.15) is 0 Å². The predicted octanol–water partition coefficient (Wildman–Crippen LogP) is 3.47. The monoisotopic (exact) mass is 308 g/mol. The number of hydrogen-bond acceptors (Lipinski definition) is 3. The molecule has 110 valence electrons. The Labute approximate surface area is 124 Å². The quantitative estimate of drug-likeness (QED) is 0.809. The van der Waals surface area contributed by atoms with Crippen LogP contribution in [0.1, 0.15) is 28.9 Å². The van der Waals surface area contributed by atoms with E-state index in [9.17, 15) is 14.0 Å². The van der Waals surface area contributed by atoms with Crippen LogP contribution in [0.5, 0.6) is 0 Å². The lowest BCUT2D eigenvalue weighted by molar-refractivity contribution is 0.0698. The molecular formula is C14H13FN2O3S. The van der Waals surface area contributed by atoms with Crippen molar-refractivity contribution in [2.75, 3.05) is 5.32 Å². The first-order valence-electron chi connectivity index (χ1n) is 6.11. The van der Waals surface area contributed by atoms with Gasteiger partial charge in [0.15, 0.2) is 0 Å². The number of carboxylic acids is 1. The summed E-state index contributed by atoms with van der Waals surface area (Å²) in [6, 6.07) is 6.35. The fourth-order valence-electron chi connectivity index (χ4n) is 1.75. The Kier molecular flexibility index (Phi) is 4.54. The van der Waals surface area contributed by atoms with E-state index in [1.54, 1.807) is 24.4 Å². The van der Waals surface area contributed by atoms with Gasteiger partial charge in [0, 0.05) is 0 Å². The molecule has 0 aliphatic carbocycles. The fraction of sp³-hybridized carbons (Fsp3) is 0.143. The van der Waals surface area contributed by atoms with Gasteiger partial charge in [0.25, 0.3) is 0 Å². The smallest absolute Gasteiger partial charge is 0.338 e. The zero-order chi connectivity index (χ0) is 15.4. The van der Waals surface area contributed by atoms with Crippen LogP contribution < -0.4 is 10.6 Å². The second-order valence-corrected chi connectivity index (χ2v) is 5.26. The van der Waals surface area contributed by atoms with Crippen molar-refractivity contribution in [1.29, 1.82) is 0 Å². The van der Waals surface area contributed by atoms with E-state index in [1.165, 1.54) is 18.2 Å². The number of rotatable bonds is 4. The molecule has 1 atom stereocenters. The number of benzene rings is 1. The Balaban J connectivity index is 1.99. The Morgan fingerprint density at radius 3 is 2.52 bits per heavy atom. The second-order valence-electron chi connectivity index (χ2n) is 4.34. The standard InChI is InChI=1S/C14H13FN2O3S/c1-8(9-2-4-10(15)5-3-9)16-14(20)17-12-11(13(18)19)6-7-21-12/h2-8H,1H3,(H,18,19)(H2,16,17,20)/t8-/m1/s1. The first kappa shape index (κ1) is 15.0. The molecule has 2 aromatic rings. The first-order chi connectivity index (χ1) is 9.97. The summed E-state index contributed by atoms with van der Waals surface area (Å²) >= 11 is 1.13. The third-order valence-corrected chi connectivity index (χ3v) is 3.67. The van der Waals surface area contributed by atoms with Crippen LogP contribution in [0.2, 0.25) is 0 Å². The highest BCUT2D eigenvalue weighted by Crippen LogP contribution is 2.23. The summed E-state index contributed by atoms with van der Waals surface area (Å²) in [6.07, 6.45) is 0. The molecule has 0 bridgehead atoms. The minimum absolute atomic E-state index is 0.0459. The summed E-state index contributed by atoms with van der Waals surface area (Å²) in [6.45, 7) is 1.75. The largest absolute Gasteiger partial charge is 0.478 e. The number of hydrogen-bond donors (Lipinski definition) is 3. The average molecular weight is 308 g/mol. The molecule has 0 spiro atoms. The van der Waals surface area contributed by atoms with E-state index in [0.29, 0.717) is 0 Å². The van der Waals surface area contributed by atoms with Gasteiger partial charge in [0.2, 0.25) is 0 Å². The number of anilines is 1. The molecule has 2 amide bonds. The number of urea groups is 1. The number of aromatic carboxylic acids is 1. The number of carbonyl (C=O) groups is 2. The molecule has 21 heavy (non-hydrogen) atoms. The van der Waals surface area contributed by atoms with E-state index in [4.69, 9.17) is 5.11 Å². The Morgan fingerprint density at radius 2 is 1.90 bits per heavy atom. The zero-order valence-corrected chi connectivity index (χ0v) is 11.9. The Bertz CT molecular complexity index is 654. The molecule has 0 aliphatic rings. The van der Waals surface area contributed by atoms with E-state index in [0.717, 1.165) is 16.9 Å². The van der Waals surface area contributed by atoms with Crippen molar-refractivity contribution in [1.82, 2.24) is 5.32 Å². The highest BCUT2D eigenvalue weighted by molar-refractivity contribution is 7.14. The molecule has 0 fully saturated rings. The SMILES string of the molecule is C[C@@H](NC(=O)Nc1sccc1C(=O)O)c1ccc(F)cc1. The molecular weight excluding hydrogens is 295 g/mol. The van der Waals surface area contributed by atoms with Crippen molar-refractivity contribution in [2.45, 2.75) is 13.0 Å². The molecule has 0 saturated heterocycles. The summed E-state index contributed by atoms with van der Waals surface area (Å²) in [5.41, 5.74) is 0.792. The molecule has 0 aliphatic heterocycles. The van der Waals surface area contributed by atoms with Gasteiger partial charge in [-0.05, 0) is 36.1 Å². The molecule has 1 heterocycles. The van der Waals surface area contributed by atoms with Crippen molar-refractivity contribution in [3.63, 3.8) is 0 Å². The molecule has 1 aromatic carbocycles. The molecule has 7 heteroatoms. The summed E-state index contributed by atoms with van der Waals surface area (Å²) in [5, 5.41) is 16.0. The maximum Gasteiger partial charge on any atom is 0.338 e. The van der Waals surface area contributed by atoms with E-state index in [1.807, 2.05) is 0 Å². The molecule has 5 nitrogen and oxygen atoms in total. The van der Waals surface area contributed by atoms with Crippen molar-refractivity contribution < 1.29 is 19.1 Å². The van der Waals surface area contributed by atoms with Crippen LogP contribution in [0, 0.1) is 5.82 Å². The summed E-state index contributed by atoms with van der Waals surface area (Å²) < 4.78 is 12.8. The van der Waals surface area contributed by atoms with Gasteiger partial charge in [-0.15, -0.1) is 11.3 Å². The number of nitrogens with one attached hydrogen (secondary N) is 2. The van der Waals surface area contributed by atoms with Crippen molar-refractivity contribution in [3.05, 3.63) is 52.7 Å². The predicted molar refractivity (Wildman–Crippen MR) is 78.2 cm³/mol. The van der Waals surface area contributed by atoms with Crippen LogP contribution in [-0.4, -0.2) is 17.1 Å². The Morgan fingerprint density at radius 1 is 1.24 bits per heavy atom. The highest BCUT2D eigenvalue weighted by Gasteiger charge is 2.15. The van der Waals surface area contributed by atoms with Gasteiger partial charge in [-0.1, -0.05) is 12.1 Å². The van der Waals surface area contributed by atoms with Gasteiger partial charge in [-0.25, -0.2) is 14.0 Å². The molecule has 0 saturated carbocycles. The van der Waals surface area contributed by atoms with Gasteiger partial charge < -0.3 is 10.4 Å². The van der Waals surface area contributed by atoms with Crippen LogP contribution in [0.25, 0.3) is 0 Å². The lowest BCUT2D eigenvalue weighted by atomic mass is 10.1. The topological polar surface area (TPSA) is 78.4 Å². The fourth-order valence-corrected chi connectivity index (χ4v) is 2.52. The second kappa shape index (κ2) is 6.36. The number of amides is 2. The third-order valence-electron chi connectivity index (χ3n) is 2.84. The number of halogens is 1. The molecule has 1 aromatic heterocycles. The Hall–Kier alpha value is -2.41. The molecule has 2 rings (SSSR count). The van der Waals surface area contributed by atoms with Crippen LogP contribution in [0.4, 0.5) is 14.2 Å². The maximum atomic E-state index is 12.8. The summed E-state index contributed by atoms with van der Waals surface area (Å²) in [5.74, 6) is -1.45. The van der Waals surface area contributed by atoms with E-state index < -0.39 is 12.0 Å². The van der Waals surface area contributed by atoms with Crippen molar-refractivity contribution in [2.24, 2.45) is 0 Å². The number of carbonyl (C=O) groups excluding carboxylic acids is 1. The van der Waals surface area contributed by atoms with Crippen molar-refractivity contribution >= 4 is 28.3 Å². The molecule has 0 radical (unpaired) electrons. The normalized spacial score (nSPS) is 11.7. The first-order valence-corrected chi connectivity index (χ1v) is 6.99. The van der Waals surface area contributed by atoms with E-state index >= 15 is 0 Å². The van der Waals surface area contributed by atoms with Crippen LogP contribution in [-0.2, 0) is 0 Å². The van der Waals surface area contributed by atoms with Gasteiger partial charge in [-0.3, -0.25) is 5.32 Å². The highest BCUT2D eigenvalue weighted by atomic mass is 32.1. The maximum absolute atomic E-state index is 12.8. The summed E-state index contributed by atoms with van der Waals surface area (Å²) in [4.78, 5) is 22.8.